The van der Waals surface area contributed by atoms with E-state index >= 15 is 0 Å². The van der Waals surface area contributed by atoms with Crippen LogP contribution in [0.25, 0.3) is 11.1 Å². The van der Waals surface area contributed by atoms with Crippen molar-refractivity contribution in [1.29, 1.82) is 0 Å². The van der Waals surface area contributed by atoms with E-state index in [0.29, 0.717) is 6.04 Å². The van der Waals surface area contributed by atoms with Crippen molar-refractivity contribution in [1.82, 2.24) is 9.78 Å². The van der Waals surface area contributed by atoms with Crippen molar-refractivity contribution in [2.45, 2.75) is 25.8 Å². The summed E-state index contributed by atoms with van der Waals surface area (Å²) in [4.78, 5) is 11.2. The normalized spacial score (nSPS) is 14.7. The lowest BCUT2D eigenvalue weighted by molar-refractivity contribution is 0.107. The Morgan fingerprint density at radius 3 is 2.84 bits per heavy atom. The highest BCUT2D eigenvalue weighted by molar-refractivity contribution is 6.67. The third-order valence-corrected chi connectivity index (χ3v) is 3.56. The average Bonchev–Trinajstić information content (AvgIpc) is 3.08. The zero-order valence-electron chi connectivity index (χ0n) is 10.4. The Kier molecular flexibility index (Phi) is 2.90. The van der Waals surface area contributed by atoms with Gasteiger partial charge in [-0.3, -0.25) is 9.48 Å². The lowest BCUT2D eigenvalue weighted by atomic mass is 10.0. The Hall–Kier alpha value is -1.68. The molecule has 1 heterocycles. The van der Waals surface area contributed by atoms with E-state index in [1.165, 1.54) is 12.1 Å². The number of nitrogens with zero attached hydrogens (tertiary/aromatic N) is 2. The Balaban J connectivity index is 2.07. The first kappa shape index (κ1) is 12.4. The summed E-state index contributed by atoms with van der Waals surface area (Å²) >= 11 is 5.39. The van der Waals surface area contributed by atoms with E-state index in [0.717, 1.165) is 29.5 Å². The van der Waals surface area contributed by atoms with Crippen LogP contribution in [0.15, 0.2) is 24.5 Å². The minimum Gasteiger partial charge on any atom is -0.275 e. The predicted octanol–water partition coefficient (Wildman–Crippen LogP) is 3.71. The Bertz CT molecular complexity index is 661. The number of hydrogen-bond acceptors (Lipinski definition) is 2. The van der Waals surface area contributed by atoms with Gasteiger partial charge in [-0.15, -0.1) is 0 Å². The Morgan fingerprint density at radius 1 is 1.47 bits per heavy atom. The van der Waals surface area contributed by atoms with Crippen LogP contribution >= 0.6 is 11.6 Å². The number of halogens is 2. The lowest BCUT2D eigenvalue weighted by Gasteiger charge is -2.06. The molecule has 2 aromatic rings. The molecule has 0 saturated heterocycles. The van der Waals surface area contributed by atoms with Crippen molar-refractivity contribution in [3.63, 3.8) is 0 Å². The maximum atomic E-state index is 13.6. The van der Waals surface area contributed by atoms with Gasteiger partial charge in [0, 0.05) is 11.8 Å². The van der Waals surface area contributed by atoms with Gasteiger partial charge in [0.15, 0.2) is 0 Å². The number of carbonyl (C=O) groups is 1. The van der Waals surface area contributed by atoms with Crippen molar-refractivity contribution < 1.29 is 9.18 Å². The fourth-order valence-electron chi connectivity index (χ4n) is 2.15. The quantitative estimate of drug-likeness (QED) is 0.802. The van der Waals surface area contributed by atoms with E-state index in [9.17, 15) is 9.18 Å². The number of aryl methyl sites for hydroxylation is 1. The molecule has 3 rings (SSSR count). The smallest absolute Gasteiger partial charge is 0.255 e. The first-order valence-electron chi connectivity index (χ1n) is 6.11. The summed E-state index contributed by atoms with van der Waals surface area (Å²) in [7, 11) is 0. The minimum absolute atomic E-state index is 0.0959. The molecule has 1 aromatic heterocycles. The molecule has 98 valence electrons. The molecule has 1 fully saturated rings. The van der Waals surface area contributed by atoms with Crippen molar-refractivity contribution in [3.8, 4) is 11.1 Å². The summed E-state index contributed by atoms with van der Waals surface area (Å²) < 4.78 is 15.5. The van der Waals surface area contributed by atoms with Crippen LogP contribution in [0.3, 0.4) is 0 Å². The van der Waals surface area contributed by atoms with Crippen LogP contribution in [-0.4, -0.2) is 15.0 Å². The molecule has 3 nitrogen and oxygen atoms in total. The second-order valence-electron chi connectivity index (χ2n) is 4.86. The van der Waals surface area contributed by atoms with Gasteiger partial charge in [-0.25, -0.2) is 4.39 Å². The van der Waals surface area contributed by atoms with Crippen LogP contribution in [0, 0.1) is 12.7 Å². The monoisotopic (exact) mass is 278 g/mol. The minimum atomic E-state index is -0.784. The summed E-state index contributed by atoms with van der Waals surface area (Å²) in [6.45, 7) is 1.80. The number of benzene rings is 1. The van der Waals surface area contributed by atoms with Gasteiger partial charge in [-0.2, -0.15) is 5.10 Å². The molecule has 19 heavy (non-hydrogen) atoms. The van der Waals surface area contributed by atoms with E-state index in [2.05, 4.69) is 5.10 Å². The van der Waals surface area contributed by atoms with Gasteiger partial charge in [0.05, 0.1) is 17.8 Å². The van der Waals surface area contributed by atoms with Crippen molar-refractivity contribution in [2.24, 2.45) is 0 Å². The summed E-state index contributed by atoms with van der Waals surface area (Å²) in [6, 6.07) is 3.32. The number of aromatic nitrogens is 2. The molecule has 1 saturated carbocycles. The molecular formula is C14H12ClFN2O. The summed E-state index contributed by atoms with van der Waals surface area (Å²) in [5.41, 5.74) is 2.33. The van der Waals surface area contributed by atoms with Crippen molar-refractivity contribution in [3.05, 3.63) is 41.5 Å². The molecule has 0 spiro atoms. The molecule has 0 bridgehead atoms. The van der Waals surface area contributed by atoms with Gasteiger partial charge in [0.1, 0.15) is 5.82 Å². The maximum Gasteiger partial charge on any atom is 0.255 e. The van der Waals surface area contributed by atoms with Gasteiger partial charge in [-0.05, 0) is 54.6 Å². The summed E-state index contributed by atoms with van der Waals surface area (Å²) in [5, 5.41) is 3.51. The predicted molar refractivity (Wildman–Crippen MR) is 70.8 cm³/mol. The third kappa shape index (κ3) is 2.28. The van der Waals surface area contributed by atoms with Gasteiger partial charge in [0.2, 0.25) is 0 Å². The highest BCUT2D eigenvalue weighted by Crippen LogP contribution is 2.36. The van der Waals surface area contributed by atoms with Crippen molar-refractivity contribution in [2.75, 3.05) is 0 Å². The number of rotatable bonds is 3. The maximum absolute atomic E-state index is 13.6. The Morgan fingerprint density at radius 2 is 2.21 bits per heavy atom. The molecule has 0 atom stereocenters. The Labute approximate surface area is 115 Å². The molecule has 0 N–H and O–H groups in total. The van der Waals surface area contributed by atoms with E-state index in [1.54, 1.807) is 13.1 Å². The van der Waals surface area contributed by atoms with E-state index in [1.807, 2.05) is 10.9 Å². The lowest BCUT2D eigenvalue weighted by Crippen LogP contribution is -1.97. The van der Waals surface area contributed by atoms with Gasteiger partial charge < -0.3 is 0 Å². The first-order chi connectivity index (χ1) is 9.06. The van der Waals surface area contributed by atoms with Crippen LogP contribution in [0.4, 0.5) is 4.39 Å². The number of carbonyl (C=O) groups excluding carboxylic acids is 1. The fraction of sp³-hybridized carbons (Fsp3) is 0.286. The second-order valence-corrected chi connectivity index (χ2v) is 5.20. The van der Waals surface area contributed by atoms with Crippen LogP contribution in [0.2, 0.25) is 0 Å². The molecule has 0 amide bonds. The molecule has 0 radical (unpaired) electrons. The number of hydrogen-bond donors (Lipinski definition) is 0. The molecule has 1 aliphatic rings. The zero-order chi connectivity index (χ0) is 13.6. The molecule has 1 aliphatic carbocycles. The standard InChI is InChI=1S/C14H12ClFN2O/c1-8-4-13(16)12(14(15)19)5-11(8)9-6-17-18(7-9)10-2-3-10/h4-7,10H,2-3H2,1H3. The average molecular weight is 279 g/mol. The highest BCUT2D eigenvalue weighted by Gasteiger charge is 2.24. The van der Waals surface area contributed by atoms with Crippen molar-refractivity contribution >= 4 is 16.8 Å². The molecule has 5 heteroatoms. The molecule has 1 aromatic carbocycles. The molecule has 0 aliphatic heterocycles. The molecule has 0 unspecified atom stereocenters. The largest absolute Gasteiger partial charge is 0.275 e. The fourth-order valence-corrected chi connectivity index (χ4v) is 2.30. The highest BCUT2D eigenvalue weighted by atomic mass is 35.5. The SMILES string of the molecule is Cc1cc(F)c(C(=O)Cl)cc1-c1cnn(C2CC2)c1. The van der Waals surface area contributed by atoms with Gasteiger partial charge in [-0.1, -0.05) is 0 Å². The van der Waals surface area contributed by atoms with E-state index < -0.39 is 11.1 Å². The first-order valence-corrected chi connectivity index (χ1v) is 6.48. The van der Waals surface area contributed by atoms with E-state index in [4.69, 9.17) is 11.6 Å². The van der Waals surface area contributed by atoms with Gasteiger partial charge in [0.25, 0.3) is 5.24 Å². The van der Waals surface area contributed by atoms with Crippen LogP contribution < -0.4 is 0 Å². The van der Waals surface area contributed by atoms with Crippen LogP contribution in [0.5, 0.6) is 0 Å². The second kappa shape index (κ2) is 4.46. The van der Waals surface area contributed by atoms with Crippen LogP contribution in [0.1, 0.15) is 34.8 Å². The topological polar surface area (TPSA) is 34.9 Å². The van der Waals surface area contributed by atoms with Crippen LogP contribution in [-0.2, 0) is 0 Å². The third-order valence-electron chi connectivity index (χ3n) is 3.36. The van der Waals surface area contributed by atoms with E-state index in [-0.39, 0.29) is 5.56 Å². The summed E-state index contributed by atoms with van der Waals surface area (Å²) in [5.74, 6) is -0.587. The van der Waals surface area contributed by atoms with Gasteiger partial charge >= 0.3 is 0 Å². The zero-order valence-corrected chi connectivity index (χ0v) is 11.1. The molecular weight excluding hydrogens is 267 g/mol. The summed E-state index contributed by atoms with van der Waals surface area (Å²) in [6.07, 6.45) is 5.96.